The van der Waals surface area contributed by atoms with E-state index in [2.05, 4.69) is 9.71 Å². The van der Waals surface area contributed by atoms with Crippen LogP contribution in [0.1, 0.15) is 17.4 Å². The number of nitrogens with zero attached hydrogens (tertiary/aromatic N) is 1. The van der Waals surface area contributed by atoms with Crippen LogP contribution in [0.3, 0.4) is 0 Å². The molecule has 0 aliphatic carbocycles. The minimum atomic E-state index is -4.06. The lowest BCUT2D eigenvalue weighted by atomic mass is 10.3. The summed E-state index contributed by atoms with van der Waals surface area (Å²) in [5.74, 6) is -1.000. The van der Waals surface area contributed by atoms with Gasteiger partial charge in [0.1, 0.15) is 16.4 Å². The molecule has 1 heterocycles. The second kappa shape index (κ2) is 5.17. The van der Waals surface area contributed by atoms with E-state index in [9.17, 15) is 17.6 Å². The molecule has 0 atom stereocenters. The van der Waals surface area contributed by atoms with E-state index in [4.69, 9.17) is 5.73 Å². The maximum absolute atomic E-state index is 13.1. The summed E-state index contributed by atoms with van der Waals surface area (Å²) in [5.41, 5.74) is 5.60. The van der Waals surface area contributed by atoms with Crippen LogP contribution in [0.2, 0.25) is 0 Å². The van der Waals surface area contributed by atoms with Gasteiger partial charge in [0.2, 0.25) is 0 Å². The molecular weight excluding hydrogens is 305 g/mol. The van der Waals surface area contributed by atoms with Crippen LogP contribution < -0.4 is 10.5 Å². The van der Waals surface area contributed by atoms with Gasteiger partial charge in [0.25, 0.3) is 10.0 Å². The number of benzene rings is 1. The summed E-state index contributed by atoms with van der Waals surface area (Å²) >= 11 is 0.953. The van der Waals surface area contributed by atoms with Crippen LogP contribution in [0.15, 0.2) is 28.5 Å². The van der Waals surface area contributed by atoms with Crippen molar-refractivity contribution >= 4 is 38.0 Å². The van der Waals surface area contributed by atoms with Crippen LogP contribution in [0.4, 0.5) is 15.2 Å². The van der Waals surface area contributed by atoms with Crippen LogP contribution in [-0.2, 0) is 10.0 Å². The van der Waals surface area contributed by atoms with Gasteiger partial charge in [-0.1, -0.05) is 0 Å². The minimum absolute atomic E-state index is 0.0128. The van der Waals surface area contributed by atoms with Gasteiger partial charge in [0.05, 0.1) is 5.69 Å². The Balaban J connectivity index is 2.35. The van der Waals surface area contributed by atoms with Crippen molar-refractivity contribution in [2.75, 3.05) is 10.5 Å². The lowest BCUT2D eigenvalue weighted by molar-refractivity contribution is 0.101. The van der Waals surface area contributed by atoms with E-state index >= 15 is 0 Å². The van der Waals surface area contributed by atoms with Crippen molar-refractivity contribution in [1.82, 2.24) is 4.98 Å². The van der Waals surface area contributed by atoms with E-state index in [1.54, 1.807) is 0 Å². The molecule has 6 nitrogen and oxygen atoms in total. The van der Waals surface area contributed by atoms with Crippen molar-refractivity contribution < 1.29 is 17.6 Å². The number of nitrogens with one attached hydrogen (secondary N) is 1. The Bertz CT molecular complexity index is 771. The SMILES string of the molecule is CC(=O)c1csc(NS(=O)(=O)c2cc(F)ccc2N)n1. The van der Waals surface area contributed by atoms with Gasteiger partial charge in [-0.3, -0.25) is 9.52 Å². The second-order valence-corrected chi connectivity index (χ2v) is 6.39. The third kappa shape index (κ3) is 2.94. The fourth-order valence-corrected chi connectivity index (χ4v) is 3.54. The lowest BCUT2D eigenvalue weighted by Crippen LogP contribution is -2.15. The number of nitrogen functional groups attached to an aromatic ring is 1. The molecule has 2 aromatic rings. The number of carbonyl (C=O) groups is 1. The summed E-state index contributed by atoms with van der Waals surface area (Å²) < 4.78 is 39.4. The van der Waals surface area contributed by atoms with Crippen molar-refractivity contribution in [3.8, 4) is 0 Å². The first-order valence-corrected chi connectivity index (χ1v) is 7.70. The van der Waals surface area contributed by atoms with E-state index in [0.29, 0.717) is 0 Å². The smallest absolute Gasteiger partial charge is 0.265 e. The van der Waals surface area contributed by atoms with Crippen molar-refractivity contribution in [3.05, 3.63) is 35.1 Å². The number of carbonyl (C=O) groups excluding carboxylic acids is 1. The first-order valence-electron chi connectivity index (χ1n) is 5.34. The number of thiazole rings is 1. The fourth-order valence-electron chi connectivity index (χ4n) is 1.39. The van der Waals surface area contributed by atoms with Gasteiger partial charge in [0, 0.05) is 12.3 Å². The Kier molecular flexibility index (Phi) is 3.73. The van der Waals surface area contributed by atoms with Gasteiger partial charge in [-0.15, -0.1) is 11.3 Å². The molecule has 0 saturated carbocycles. The summed E-state index contributed by atoms with van der Waals surface area (Å²) in [6.45, 7) is 1.32. The lowest BCUT2D eigenvalue weighted by Gasteiger charge is -2.07. The van der Waals surface area contributed by atoms with E-state index < -0.39 is 15.8 Å². The third-order valence-electron chi connectivity index (χ3n) is 2.35. The number of anilines is 2. The fraction of sp³-hybridized carbons (Fsp3) is 0.0909. The summed E-state index contributed by atoms with van der Waals surface area (Å²) in [5, 5.41) is 1.44. The van der Waals surface area contributed by atoms with Crippen molar-refractivity contribution in [1.29, 1.82) is 0 Å². The van der Waals surface area contributed by atoms with Gasteiger partial charge in [0.15, 0.2) is 10.9 Å². The second-order valence-electron chi connectivity index (χ2n) is 3.88. The molecule has 9 heteroatoms. The summed E-state index contributed by atoms with van der Waals surface area (Å²) in [7, 11) is -4.06. The zero-order valence-electron chi connectivity index (χ0n) is 10.3. The number of sulfonamides is 1. The molecule has 1 aromatic heterocycles. The van der Waals surface area contributed by atoms with Crippen LogP contribution in [0, 0.1) is 5.82 Å². The molecule has 0 spiro atoms. The average molecular weight is 315 g/mol. The number of hydrogen-bond acceptors (Lipinski definition) is 6. The Morgan fingerprint density at radius 1 is 1.45 bits per heavy atom. The summed E-state index contributed by atoms with van der Waals surface area (Å²) in [4.78, 5) is 14.5. The van der Waals surface area contributed by atoms with E-state index in [-0.39, 0.29) is 27.2 Å². The van der Waals surface area contributed by atoms with Gasteiger partial charge in [-0.25, -0.2) is 17.8 Å². The van der Waals surface area contributed by atoms with Crippen LogP contribution in [0.25, 0.3) is 0 Å². The quantitative estimate of drug-likeness (QED) is 0.662. The number of halogens is 1. The molecule has 20 heavy (non-hydrogen) atoms. The minimum Gasteiger partial charge on any atom is -0.398 e. The zero-order chi connectivity index (χ0) is 14.9. The first kappa shape index (κ1) is 14.4. The molecule has 0 radical (unpaired) electrons. The number of aromatic nitrogens is 1. The monoisotopic (exact) mass is 315 g/mol. The Morgan fingerprint density at radius 3 is 2.75 bits per heavy atom. The molecule has 3 N–H and O–H groups in total. The summed E-state index contributed by atoms with van der Waals surface area (Å²) in [6, 6.07) is 3.04. The number of Topliss-reactive ketones (excluding diaryl/α,β-unsaturated/α-hetero) is 1. The number of nitrogens with two attached hydrogens (primary N) is 1. The molecular formula is C11H10FN3O3S2. The molecule has 0 bridgehead atoms. The summed E-state index contributed by atoms with van der Waals surface area (Å²) in [6.07, 6.45) is 0. The maximum atomic E-state index is 13.1. The van der Waals surface area contributed by atoms with Gasteiger partial charge in [-0.2, -0.15) is 0 Å². The first-order chi connectivity index (χ1) is 9.29. The molecule has 0 aliphatic rings. The Hall–Kier alpha value is -2.00. The number of hydrogen-bond donors (Lipinski definition) is 2. The molecule has 0 unspecified atom stereocenters. The topological polar surface area (TPSA) is 102 Å². The molecule has 106 valence electrons. The highest BCUT2D eigenvalue weighted by molar-refractivity contribution is 7.93. The highest BCUT2D eigenvalue weighted by Gasteiger charge is 2.20. The van der Waals surface area contributed by atoms with E-state index in [1.165, 1.54) is 12.3 Å². The number of ketones is 1. The van der Waals surface area contributed by atoms with Crippen molar-refractivity contribution in [2.24, 2.45) is 0 Å². The van der Waals surface area contributed by atoms with Crippen LogP contribution >= 0.6 is 11.3 Å². The van der Waals surface area contributed by atoms with Crippen molar-refractivity contribution in [3.63, 3.8) is 0 Å². The molecule has 0 aliphatic heterocycles. The highest BCUT2D eigenvalue weighted by atomic mass is 32.2. The maximum Gasteiger partial charge on any atom is 0.265 e. The van der Waals surface area contributed by atoms with E-state index in [1.807, 2.05) is 0 Å². The van der Waals surface area contributed by atoms with E-state index in [0.717, 1.165) is 29.5 Å². The largest absolute Gasteiger partial charge is 0.398 e. The van der Waals surface area contributed by atoms with Gasteiger partial charge in [-0.05, 0) is 18.2 Å². The van der Waals surface area contributed by atoms with Crippen LogP contribution in [0.5, 0.6) is 0 Å². The Labute approximate surface area is 118 Å². The normalized spacial score (nSPS) is 11.3. The standard InChI is InChI=1S/C11H10FN3O3S2/c1-6(16)9-5-19-11(14-9)15-20(17,18)10-4-7(12)2-3-8(10)13/h2-5H,13H2,1H3,(H,14,15). The van der Waals surface area contributed by atoms with Gasteiger partial charge < -0.3 is 5.73 Å². The molecule has 0 saturated heterocycles. The molecule has 2 rings (SSSR count). The Morgan fingerprint density at radius 2 is 2.15 bits per heavy atom. The highest BCUT2D eigenvalue weighted by Crippen LogP contribution is 2.24. The average Bonchev–Trinajstić information content (AvgIpc) is 2.80. The molecule has 0 amide bonds. The molecule has 0 fully saturated rings. The van der Waals surface area contributed by atoms with Crippen LogP contribution in [-0.4, -0.2) is 19.2 Å². The predicted molar refractivity (Wildman–Crippen MR) is 73.7 cm³/mol. The van der Waals surface area contributed by atoms with Crippen molar-refractivity contribution in [2.45, 2.75) is 11.8 Å². The predicted octanol–water partition coefficient (Wildman–Crippen LogP) is 1.87. The number of rotatable bonds is 4. The zero-order valence-corrected chi connectivity index (χ0v) is 11.9. The van der Waals surface area contributed by atoms with Gasteiger partial charge >= 0.3 is 0 Å². The third-order valence-corrected chi connectivity index (χ3v) is 4.63. The molecule has 1 aromatic carbocycles.